The normalized spacial score (nSPS) is 16.2. The van der Waals surface area contributed by atoms with Gasteiger partial charge in [0.25, 0.3) is 5.91 Å². The second-order valence-electron chi connectivity index (χ2n) is 7.90. The highest BCUT2D eigenvalue weighted by molar-refractivity contribution is 5.94. The number of carbonyl (C=O) groups excluding carboxylic acids is 2. The van der Waals surface area contributed by atoms with Crippen LogP contribution >= 0.6 is 0 Å². The molecule has 1 aliphatic rings. The van der Waals surface area contributed by atoms with E-state index in [1.807, 2.05) is 79.3 Å². The summed E-state index contributed by atoms with van der Waals surface area (Å²) in [5, 5.41) is 5.79. The van der Waals surface area contributed by atoms with Gasteiger partial charge in [0, 0.05) is 50.7 Å². The van der Waals surface area contributed by atoms with Crippen molar-refractivity contribution in [3.8, 4) is 0 Å². The molecule has 1 unspecified atom stereocenters. The summed E-state index contributed by atoms with van der Waals surface area (Å²) in [4.78, 5) is 28.9. The van der Waals surface area contributed by atoms with Crippen molar-refractivity contribution in [1.29, 1.82) is 0 Å². The Morgan fingerprint density at radius 1 is 1.07 bits per heavy atom. The molecule has 3 rings (SSSR count). The van der Waals surface area contributed by atoms with Gasteiger partial charge >= 0.3 is 6.03 Å². The van der Waals surface area contributed by atoms with E-state index in [4.69, 9.17) is 0 Å². The number of piperidine rings is 1. The van der Waals surface area contributed by atoms with E-state index in [-0.39, 0.29) is 17.9 Å². The number of rotatable bonds is 5. The third-order valence-electron chi connectivity index (χ3n) is 5.30. The Hall–Kier alpha value is -3.02. The number of urea groups is 1. The van der Waals surface area contributed by atoms with Gasteiger partial charge < -0.3 is 20.4 Å². The fourth-order valence-electron chi connectivity index (χ4n) is 3.55. The predicted octanol–water partition coefficient (Wildman–Crippen LogP) is 3.73. The summed E-state index contributed by atoms with van der Waals surface area (Å²) in [6.45, 7) is 4.00. The first-order chi connectivity index (χ1) is 13.9. The third kappa shape index (κ3) is 5.73. The second-order valence-corrected chi connectivity index (χ2v) is 7.90. The monoisotopic (exact) mass is 394 g/mol. The summed E-state index contributed by atoms with van der Waals surface area (Å²) in [6.07, 6.45) is 1.96. The van der Waals surface area contributed by atoms with Crippen molar-refractivity contribution in [2.45, 2.75) is 19.8 Å². The zero-order chi connectivity index (χ0) is 20.8. The molecular formula is C23H30N4O2. The lowest BCUT2D eigenvalue weighted by atomic mass is 9.97. The Kier molecular flexibility index (Phi) is 6.75. The van der Waals surface area contributed by atoms with E-state index >= 15 is 0 Å². The molecule has 1 heterocycles. The first-order valence-electron chi connectivity index (χ1n) is 10.1. The lowest BCUT2D eigenvalue weighted by molar-refractivity contribution is 0.0675. The Labute approximate surface area is 172 Å². The number of aryl methyl sites for hydroxylation is 1. The maximum atomic E-state index is 12.8. The number of carbonyl (C=O) groups is 2. The van der Waals surface area contributed by atoms with Crippen LogP contribution in [-0.2, 0) is 0 Å². The van der Waals surface area contributed by atoms with Crippen LogP contribution < -0.4 is 15.5 Å². The average molecular weight is 395 g/mol. The van der Waals surface area contributed by atoms with Crippen molar-refractivity contribution in [3.63, 3.8) is 0 Å². The number of benzene rings is 2. The van der Waals surface area contributed by atoms with E-state index in [1.165, 1.54) is 0 Å². The van der Waals surface area contributed by atoms with Gasteiger partial charge in [-0.25, -0.2) is 4.79 Å². The molecule has 3 amide bonds. The minimum Gasteiger partial charge on any atom is -0.378 e. The van der Waals surface area contributed by atoms with Crippen LogP contribution in [0.1, 0.15) is 28.8 Å². The average Bonchev–Trinajstić information content (AvgIpc) is 2.73. The highest BCUT2D eigenvalue weighted by Crippen LogP contribution is 2.20. The topological polar surface area (TPSA) is 64.7 Å². The van der Waals surface area contributed by atoms with Gasteiger partial charge in [-0.2, -0.15) is 0 Å². The quantitative estimate of drug-likeness (QED) is 0.812. The largest absolute Gasteiger partial charge is 0.378 e. The van der Waals surface area contributed by atoms with E-state index < -0.39 is 0 Å². The number of nitrogens with one attached hydrogen (secondary N) is 2. The minimum absolute atomic E-state index is 0.0594. The van der Waals surface area contributed by atoms with Crippen LogP contribution in [0.4, 0.5) is 16.2 Å². The van der Waals surface area contributed by atoms with Crippen LogP contribution in [0, 0.1) is 12.8 Å². The van der Waals surface area contributed by atoms with Gasteiger partial charge in [0.05, 0.1) is 0 Å². The highest BCUT2D eigenvalue weighted by atomic mass is 16.2. The number of hydrogen-bond donors (Lipinski definition) is 2. The van der Waals surface area contributed by atoms with E-state index in [0.717, 1.165) is 36.3 Å². The molecule has 1 saturated heterocycles. The van der Waals surface area contributed by atoms with Gasteiger partial charge in [-0.05, 0) is 62.1 Å². The molecule has 0 saturated carbocycles. The molecule has 6 heteroatoms. The molecule has 1 aliphatic heterocycles. The van der Waals surface area contributed by atoms with Gasteiger partial charge in [-0.3, -0.25) is 4.79 Å². The van der Waals surface area contributed by atoms with Crippen LogP contribution in [0.25, 0.3) is 0 Å². The molecule has 6 nitrogen and oxygen atoms in total. The van der Waals surface area contributed by atoms with Crippen LogP contribution in [0.3, 0.4) is 0 Å². The number of hydrogen-bond acceptors (Lipinski definition) is 3. The molecule has 29 heavy (non-hydrogen) atoms. The highest BCUT2D eigenvalue weighted by Gasteiger charge is 2.24. The molecule has 0 aliphatic carbocycles. The lowest BCUT2D eigenvalue weighted by Crippen LogP contribution is -2.44. The van der Waals surface area contributed by atoms with Gasteiger partial charge in [-0.1, -0.05) is 17.7 Å². The van der Waals surface area contributed by atoms with E-state index in [9.17, 15) is 9.59 Å². The van der Waals surface area contributed by atoms with Crippen molar-refractivity contribution in [2.24, 2.45) is 5.92 Å². The summed E-state index contributed by atoms with van der Waals surface area (Å²) < 4.78 is 0. The predicted molar refractivity (Wildman–Crippen MR) is 118 cm³/mol. The van der Waals surface area contributed by atoms with E-state index in [0.29, 0.717) is 18.7 Å². The molecule has 1 atom stereocenters. The minimum atomic E-state index is -0.212. The first-order valence-corrected chi connectivity index (χ1v) is 10.1. The van der Waals surface area contributed by atoms with Crippen LogP contribution in [0.5, 0.6) is 0 Å². The van der Waals surface area contributed by atoms with E-state index in [2.05, 4.69) is 10.6 Å². The van der Waals surface area contributed by atoms with Crippen molar-refractivity contribution in [3.05, 3.63) is 59.7 Å². The standard InChI is InChI=1S/C23H30N4O2/c1-17-6-10-20(11-7-17)25-23(29)24-15-18-5-4-14-27(16-18)22(28)19-8-12-21(13-9-19)26(2)3/h6-13,18H,4-5,14-16H2,1-3H3,(H2,24,25,29). The summed E-state index contributed by atoms with van der Waals surface area (Å²) in [5.41, 5.74) is 3.71. The molecule has 0 spiro atoms. The Morgan fingerprint density at radius 2 is 1.76 bits per heavy atom. The van der Waals surface area contributed by atoms with Gasteiger partial charge in [0.15, 0.2) is 0 Å². The molecule has 2 N–H and O–H groups in total. The molecule has 0 bridgehead atoms. The lowest BCUT2D eigenvalue weighted by Gasteiger charge is -2.33. The SMILES string of the molecule is Cc1ccc(NC(=O)NCC2CCCN(C(=O)c3ccc(N(C)C)cc3)C2)cc1. The molecule has 154 valence electrons. The van der Waals surface area contributed by atoms with Crippen molar-refractivity contribution in [1.82, 2.24) is 10.2 Å². The van der Waals surface area contributed by atoms with Crippen molar-refractivity contribution in [2.75, 3.05) is 43.9 Å². The van der Waals surface area contributed by atoms with Crippen molar-refractivity contribution >= 4 is 23.3 Å². The fraction of sp³-hybridized carbons (Fsp3) is 0.391. The summed E-state index contributed by atoms with van der Waals surface area (Å²) in [5.74, 6) is 0.321. The Morgan fingerprint density at radius 3 is 2.41 bits per heavy atom. The maximum Gasteiger partial charge on any atom is 0.319 e. The fourth-order valence-corrected chi connectivity index (χ4v) is 3.55. The smallest absolute Gasteiger partial charge is 0.319 e. The Balaban J connectivity index is 1.50. The summed E-state index contributed by atoms with van der Waals surface area (Å²) in [7, 11) is 3.96. The number of amides is 3. The molecule has 2 aromatic carbocycles. The zero-order valence-corrected chi connectivity index (χ0v) is 17.4. The molecular weight excluding hydrogens is 364 g/mol. The van der Waals surface area contributed by atoms with Crippen LogP contribution in [0.15, 0.2) is 48.5 Å². The van der Waals surface area contributed by atoms with Crippen molar-refractivity contribution < 1.29 is 9.59 Å². The van der Waals surface area contributed by atoms with Gasteiger partial charge in [-0.15, -0.1) is 0 Å². The van der Waals surface area contributed by atoms with Gasteiger partial charge in [0.2, 0.25) is 0 Å². The molecule has 0 aromatic heterocycles. The summed E-state index contributed by atoms with van der Waals surface area (Å²) in [6, 6.07) is 15.2. The molecule has 0 radical (unpaired) electrons. The summed E-state index contributed by atoms with van der Waals surface area (Å²) >= 11 is 0. The maximum absolute atomic E-state index is 12.8. The van der Waals surface area contributed by atoms with Crippen LogP contribution in [-0.4, -0.2) is 50.6 Å². The number of anilines is 2. The third-order valence-corrected chi connectivity index (χ3v) is 5.30. The second kappa shape index (κ2) is 9.45. The molecule has 1 fully saturated rings. The van der Waals surface area contributed by atoms with E-state index in [1.54, 1.807) is 0 Å². The Bertz CT molecular complexity index is 831. The van der Waals surface area contributed by atoms with Crippen LogP contribution in [0.2, 0.25) is 0 Å². The number of likely N-dealkylation sites (tertiary alicyclic amines) is 1. The molecule has 2 aromatic rings. The number of nitrogens with zero attached hydrogens (tertiary/aromatic N) is 2. The van der Waals surface area contributed by atoms with Gasteiger partial charge in [0.1, 0.15) is 0 Å². The zero-order valence-electron chi connectivity index (χ0n) is 17.4. The first kappa shape index (κ1) is 20.7.